The molecular weight excluding hydrogens is 244 g/mol. The minimum atomic E-state index is -0.264. The predicted molar refractivity (Wildman–Crippen MR) is 71.2 cm³/mol. The Morgan fingerprint density at radius 2 is 1.79 bits per heavy atom. The number of carbonyl (C=O) groups excluding carboxylic acids is 1. The minimum Gasteiger partial charge on any atom is -0.393 e. The van der Waals surface area contributed by atoms with Crippen LogP contribution in [0.1, 0.15) is 36.0 Å². The van der Waals surface area contributed by atoms with Crippen molar-refractivity contribution in [1.29, 1.82) is 0 Å². The van der Waals surface area contributed by atoms with Gasteiger partial charge in [0.2, 0.25) is 0 Å². The summed E-state index contributed by atoms with van der Waals surface area (Å²) in [6.45, 7) is 0. The van der Waals surface area contributed by atoms with Crippen molar-refractivity contribution in [3.63, 3.8) is 0 Å². The Hall–Kier alpha value is -1.88. The van der Waals surface area contributed by atoms with Gasteiger partial charge in [0.05, 0.1) is 17.1 Å². The first kappa shape index (κ1) is 12.2. The topological polar surface area (TPSA) is 86.0 Å². The van der Waals surface area contributed by atoms with E-state index < -0.39 is 0 Å². The summed E-state index contributed by atoms with van der Waals surface area (Å²) >= 11 is 0. The number of benzene rings is 1. The van der Waals surface area contributed by atoms with Gasteiger partial charge < -0.3 is 15.1 Å². The summed E-state index contributed by atoms with van der Waals surface area (Å²) in [7, 11) is 0. The largest absolute Gasteiger partial charge is 0.393 e. The molecule has 1 aromatic carbocycles. The average Bonchev–Trinajstić information content (AvgIpc) is 2.77. The molecule has 2 aromatic rings. The third-order valence-corrected chi connectivity index (χ3v) is 3.87. The van der Waals surface area contributed by atoms with E-state index in [9.17, 15) is 14.7 Å². The highest BCUT2D eigenvalue weighted by atomic mass is 16.3. The highest BCUT2D eigenvalue weighted by Crippen LogP contribution is 2.27. The maximum Gasteiger partial charge on any atom is 0.323 e. The number of carbonyl (C=O) groups is 1. The second-order valence-electron chi connectivity index (χ2n) is 5.21. The Morgan fingerprint density at radius 3 is 2.53 bits per heavy atom. The van der Waals surface area contributed by atoms with E-state index in [0.29, 0.717) is 29.4 Å². The molecule has 1 aliphatic carbocycles. The summed E-state index contributed by atoms with van der Waals surface area (Å²) in [4.78, 5) is 28.9. The molecule has 0 amide bonds. The van der Waals surface area contributed by atoms with E-state index in [1.165, 1.54) is 0 Å². The van der Waals surface area contributed by atoms with Crippen LogP contribution >= 0.6 is 0 Å². The number of aromatic nitrogens is 2. The number of imidazole rings is 1. The van der Waals surface area contributed by atoms with Gasteiger partial charge in [0.15, 0.2) is 5.78 Å². The second kappa shape index (κ2) is 4.66. The lowest BCUT2D eigenvalue weighted by Crippen LogP contribution is -2.24. The molecule has 1 aliphatic rings. The second-order valence-corrected chi connectivity index (χ2v) is 5.21. The molecule has 0 radical (unpaired) electrons. The molecule has 5 heteroatoms. The van der Waals surface area contributed by atoms with Crippen LogP contribution in [0.25, 0.3) is 11.0 Å². The smallest absolute Gasteiger partial charge is 0.323 e. The highest BCUT2D eigenvalue weighted by Gasteiger charge is 2.26. The summed E-state index contributed by atoms with van der Waals surface area (Å²) in [5.41, 5.74) is 1.73. The standard InChI is InChI=1S/C14H16N2O3/c17-10-4-1-8(2-5-10)13(18)9-3-6-11-12(7-9)16-14(19)15-11/h3,6-8,10,17H,1-2,4-5H2,(H2,15,16,19). The van der Waals surface area contributed by atoms with E-state index >= 15 is 0 Å². The SMILES string of the molecule is O=C(c1ccc2[nH]c(=O)[nH]c2c1)C1CCC(O)CC1. The highest BCUT2D eigenvalue weighted by molar-refractivity contribution is 6.00. The lowest BCUT2D eigenvalue weighted by molar-refractivity contribution is 0.0764. The van der Waals surface area contributed by atoms with Crippen LogP contribution in [0.2, 0.25) is 0 Å². The fraction of sp³-hybridized carbons (Fsp3) is 0.429. The third kappa shape index (κ3) is 2.33. The normalized spacial score (nSPS) is 23.6. The Labute approximate surface area is 109 Å². The summed E-state index contributed by atoms with van der Waals surface area (Å²) < 4.78 is 0. The maximum absolute atomic E-state index is 12.4. The van der Waals surface area contributed by atoms with Crippen molar-refractivity contribution < 1.29 is 9.90 Å². The average molecular weight is 260 g/mol. The summed E-state index contributed by atoms with van der Waals surface area (Å²) in [6, 6.07) is 5.22. The van der Waals surface area contributed by atoms with Crippen LogP contribution in [0.4, 0.5) is 0 Å². The number of nitrogens with one attached hydrogen (secondary N) is 2. The molecule has 0 spiro atoms. The van der Waals surface area contributed by atoms with Crippen LogP contribution in [0.3, 0.4) is 0 Å². The number of H-pyrrole nitrogens is 2. The van der Waals surface area contributed by atoms with Gasteiger partial charge in [-0.2, -0.15) is 0 Å². The lowest BCUT2D eigenvalue weighted by Gasteiger charge is -2.24. The zero-order chi connectivity index (χ0) is 13.4. The summed E-state index contributed by atoms with van der Waals surface area (Å²) in [5.74, 6) is 0.0994. The van der Waals surface area contributed by atoms with Crippen LogP contribution in [-0.2, 0) is 0 Å². The number of rotatable bonds is 2. The Bertz CT molecular complexity index is 663. The Balaban J connectivity index is 1.86. The predicted octanol–water partition coefficient (Wildman–Crippen LogP) is 1.59. The molecule has 0 atom stereocenters. The number of aromatic amines is 2. The van der Waals surface area contributed by atoms with Crippen LogP contribution < -0.4 is 5.69 Å². The van der Waals surface area contributed by atoms with Crippen molar-refractivity contribution in [1.82, 2.24) is 9.97 Å². The fourth-order valence-corrected chi connectivity index (χ4v) is 2.76. The fourth-order valence-electron chi connectivity index (χ4n) is 2.76. The zero-order valence-corrected chi connectivity index (χ0v) is 10.5. The molecule has 3 N–H and O–H groups in total. The first-order valence-electron chi connectivity index (χ1n) is 6.58. The maximum atomic E-state index is 12.4. The Morgan fingerprint density at radius 1 is 1.11 bits per heavy atom. The molecule has 19 heavy (non-hydrogen) atoms. The van der Waals surface area contributed by atoms with Gasteiger partial charge in [0.1, 0.15) is 0 Å². The van der Waals surface area contributed by atoms with Crippen LogP contribution in [0.15, 0.2) is 23.0 Å². The van der Waals surface area contributed by atoms with Crippen molar-refractivity contribution in [2.75, 3.05) is 0 Å². The van der Waals surface area contributed by atoms with E-state index in [4.69, 9.17) is 0 Å². The number of hydrogen-bond acceptors (Lipinski definition) is 3. The van der Waals surface area contributed by atoms with E-state index in [0.717, 1.165) is 12.8 Å². The zero-order valence-electron chi connectivity index (χ0n) is 10.5. The van der Waals surface area contributed by atoms with Crippen molar-refractivity contribution in [3.8, 4) is 0 Å². The van der Waals surface area contributed by atoms with Gasteiger partial charge in [0, 0.05) is 11.5 Å². The van der Waals surface area contributed by atoms with Gasteiger partial charge in [0.25, 0.3) is 0 Å². The number of ketones is 1. The molecule has 1 heterocycles. The number of aliphatic hydroxyl groups excluding tert-OH is 1. The first-order chi connectivity index (χ1) is 9.13. The van der Waals surface area contributed by atoms with Crippen molar-refractivity contribution >= 4 is 16.8 Å². The quantitative estimate of drug-likeness (QED) is 0.717. The number of Topliss-reactive ketones (excluding diaryl/α,β-unsaturated/α-hetero) is 1. The molecule has 1 saturated carbocycles. The number of aliphatic hydroxyl groups is 1. The molecule has 0 bridgehead atoms. The van der Waals surface area contributed by atoms with E-state index in [-0.39, 0.29) is 23.5 Å². The molecular formula is C14H16N2O3. The van der Waals surface area contributed by atoms with E-state index in [1.807, 2.05) is 0 Å². The van der Waals surface area contributed by atoms with Gasteiger partial charge in [-0.1, -0.05) is 0 Å². The van der Waals surface area contributed by atoms with Crippen molar-refractivity contribution in [2.24, 2.45) is 5.92 Å². The monoisotopic (exact) mass is 260 g/mol. The van der Waals surface area contributed by atoms with Gasteiger partial charge in [-0.15, -0.1) is 0 Å². The molecule has 3 rings (SSSR count). The minimum absolute atomic E-state index is 0.00786. The van der Waals surface area contributed by atoms with Crippen LogP contribution in [0.5, 0.6) is 0 Å². The molecule has 1 aromatic heterocycles. The summed E-state index contributed by atoms with van der Waals surface area (Å²) in [5, 5.41) is 9.47. The molecule has 0 aliphatic heterocycles. The molecule has 1 fully saturated rings. The van der Waals surface area contributed by atoms with E-state index in [1.54, 1.807) is 18.2 Å². The third-order valence-electron chi connectivity index (χ3n) is 3.87. The molecule has 0 saturated heterocycles. The first-order valence-corrected chi connectivity index (χ1v) is 6.58. The van der Waals surface area contributed by atoms with Gasteiger partial charge in [-0.3, -0.25) is 4.79 Å². The molecule has 0 unspecified atom stereocenters. The number of fused-ring (bicyclic) bond motifs is 1. The molecule has 100 valence electrons. The van der Waals surface area contributed by atoms with Gasteiger partial charge >= 0.3 is 5.69 Å². The van der Waals surface area contributed by atoms with E-state index in [2.05, 4.69) is 9.97 Å². The number of hydrogen-bond donors (Lipinski definition) is 3. The van der Waals surface area contributed by atoms with Crippen LogP contribution in [0, 0.1) is 5.92 Å². The van der Waals surface area contributed by atoms with Gasteiger partial charge in [-0.05, 0) is 43.9 Å². The van der Waals surface area contributed by atoms with Gasteiger partial charge in [-0.25, -0.2) is 4.79 Å². The van der Waals surface area contributed by atoms with Crippen molar-refractivity contribution in [2.45, 2.75) is 31.8 Å². The van der Waals surface area contributed by atoms with Crippen LogP contribution in [-0.4, -0.2) is 27.0 Å². The molecule has 5 nitrogen and oxygen atoms in total. The Kier molecular flexibility index (Phi) is 2.98. The van der Waals surface area contributed by atoms with Crippen molar-refractivity contribution in [3.05, 3.63) is 34.2 Å². The lowest BCUT2D eigenvalue weighted by atomic mass is 9.82. The summed E-state index contributed by atoms with van der Waals surface area (Å²) in [6.07, 6.45) is 2.61.